The van der Waals surface area contributed by atoms with Gasteiger partial charge in [0.1, 0.15) is 11.3 Å². The SMILES string of the molecule is COc1cc2occ(-c3ccc(C)cc3C)c2cc1/C(C)=C/C(=O)NCc1ccc(Cl)cc1. The maximum atomic E-state index is 12.6. The average molecular weight is 460 g/mol. The fourth-order valence-corrected chi connectivity index (χ4v) is 4.10. The number of methoxy groups -OCH3 is 1. The number of benzene rings is 3. The third-order valence-electron chi connectivity index (χ3n) is 5.72. The van der Waals surface area contributed by atoms with Crippen molar-refractivity contribution < 1.29 is 13.9 Å². The number of halogens is 1. The van der Waals surface area contributed by atoms with Gasteiger partial charge in [0.25, 0.3) is 0 Å². The van der Waals surface area contributed by atoms with Gasteiger partial charge >= 0.3 is 0 Å². The number of rotatable bonds is 6. The molecule has 0 aliphatic heterocycles. The summed E-state index contributed by atoms with van der Waals surface area (Å²) in [6.07, 6.45) is 3.37. The standard InChI is InChI=1S/C28H26ClNO3/c1-17-5-10-22(18(2)11-17)25-16-33-27-14-26(32-4)23(13-24(25)27)19(3)12-28(31)30-15-20-6-8-21(29)9-7-20/h5-14,16H,15H2,1-4H3,(H,30,31)/b19-12+. The lowest BCUT2D eigenvalue weighted by atomic mass is 9.96. The van der Waals surface area contributed by atoms with Gasteiger partial charge in [-0.15, -0.1) is 0 Å². The van der Waals surface area contributed by atoms with E-state index in [1.54, 1.807) is 19.4 Å². The Morgan fingerprint density at radius 1 is 1.06 bits per heavy atom. The van der Waals surface area contributed by atoms with Crippen LogP contribution in [0.2, 0.25) is 5.02 Å². The van der Waals surface area contributed by atoms with Gasteiger partial charge in [-0.2, -0.15) is 0 Å². The number of furan rings is 1. The summed E-state index contributed by atoms with van der Waals surface area (Å²) in [6.45, 7) is 6.51. The topological polar surface area (TPSA) is 51.5 Å². The van der Waals surface area contributed by atoms with Crippen molar-refractivity contribution in [3.63, 3.8) is 0 Å². The third kappa shape index (κ3) is 4.96. The van der Waals surface area contributed by atoms with E-state index in [4.69, 9.17) is 20.8 Å². The van der Waals surface area contributed by atoms with Crippen LogP contribution in [0.25, 0.3) is 27.7 Å². The number of carbonyl (C=O) groups is 1. The van der Waals surface area contributed by atoms with E-state index in [0.717, 1.165) is 38.8 Å². The number of amides is 1. The van der Waals surface area contributed by atoms with Crippen molar-refractivity contribution in [1.29, 1.82) is 0 Å². The summed E-state index contributed by atoms with van der Waals surface area (Å²) in [4.78, 5) is 12.6. The molecular formula is C28H26ClNO3. The molecule has 0 radical (unpaired) electrons. The molecule has 1 heterocycles. The molecule has 4 nitrogen and oxygen atoms in total. The molecule has 1 aromatic heterocycles. The van der Waals surface area contributed by atoms with Crippen LogP contribution in [-0.2, 0) is 11.3 Å². The van der Waals surface area contributed by atoms with E-state index in [9.17, 15) is 4.79 Å². The van der Waals surface area contributed by atoms with Crippen LogP contribution >= 0.6 is 11.6 Å². The Kier molecular flexibility index (Phi) is 6.57. The number of allylic oxidation sites excluding steroid dienone is 1. The molecule has 33 heavy (non-hydrogen) atoms. The van der Waals surface area contributed by atoms with Crippen LogP contribution in [0.15, 0.2) is 71.4 Å². The molecule has 0 saturated carbocycles. The Morgan fingerprint density at radius 3 is 2.52 bits per heavy atom. The predicted molar refractivity (Wildman–Crippen MR) is 135 cm³/mol. The molecule has 0 bridgehead atoms. The van der Waals surface area contributed by atoms with Gasteiger partial charge in [0.2, 0.25) is 5.91 Å². The number of hydrogen-bond acceptors (Lipinski definition) is 3. The molecule has 3 aromatic carbocycles. The minimum Gasteiger partial charge on any atom is -0.496 e. The molecule has 0 spiro atoms. The molecule has 4 aromatic rings. The monoisotopic (exact) mass is 459 g/mol. The largest absolute Gasteiger partial charge is 0.496 e. The van der Waals surface area contributed by atoms with E-state index < -0.39 is 0 Å². The summed E-state index contributed by atoms with van der Waals surface area (Å²) in [6, 6.07) is 17.7. The van der Waals surface area contributed by atoms with E-state index >= 15 is 0 Å². The highest BCUT2D eigenvalue weighted by atomic mass is 35.5. The molecule has 0 saturated heterocycles. The molecule has 0 atom stereocenters. The predicted octanol–water partition coefficient (Wildman–Crippen LogP) is 7.10. The van der Waals surface area contributed by atoms with Crippen LogP contribution in [0, 0.1) is 13.8 Å². The van der Waals surface area contributed by atoms with Crippen LogP contribution in [0.1, 0.15) is 29.2 Å². The zero-order valence-corrected chi connectivity index (χ0v) is 19.9. The fourth-order valence-electron chi connectivity index (χ4n) is 3.97. The first-order valence-corrected chi connectivity index (χ1v) is 11.1. The Balaban J connectivity index is 1.65. The number of hydrogen-bond donors (Lipinski definition) is 1. The Bertz CT molecular complexity index is 1350. The van der Waals surface area contributed by atoms with E-state index in [0.29, 0.717) is 17.3 Å². The molecular weight excluding hydrogens is 434 g/mol. The molecule has 1 amide bonds. The van der Waals surface area contributed by atoms with Crippen LogP contribution < -0.4 is 10.1 Å². The van der Waals surface area contributed by atoms with Crippen LogP contribution in [0.4, 0.5) is 0 Å². The molecule has 5 heteroatoms. The first-order valence-electron chi connectivity index (χ1n) is 10.7. The van der Waals surface area contributed by atoms with Gasteiger partial charge in [-0.1, -0.05) is 47.5 Å². The van der Waals surface area contributed by atoms with Gasteiger partial charge < -0.3 is 14.5 Å². The van der Waals surface area contributed by atoms with Crippen LogP contribution in [-0.4, -0.2) is 13.0 Å². The van der Waals surface area contributed by atoms with Gasteiger partial charge in [0, 0.05) is 40.2 Å². The highest BCUT2D eigenvalue weighted by Gasteiger charge is 2.16. The lowest BCUT2D eigenvalue weighted by molar-refractivity contribution is -0.116. The quantitative estimate of drug-likeness (QED) is 0.313. The van der Waals surface area contributed by atoms with Crippen molar-refractivity contribution in [3.8, 4) is 16.9 Å². The second kappa shape index (κ2) is 9.55. The van der Waals surface area contributed by atoms with E-state index in [1.807, 2.05) is 43.3 Å². The lowest BCUT2D eigenvalue weighted by Crippen LogP contribution is -2.20. The molecule has 168 valence electrons. The Hall–Kier alpha value is -3.50. The van der Waals surface area contributed by atoms with Crippen molar-refractivity contribution in [3.05, 3.63) is 94.2 Å². The van der Waals surface area contributed by atoms with Crippen molar-refractivity contribution in [2.75, 3.05) is 7.11 Å². The van der Waals surface area contributed by atoms with Gasteiger partial charge in [-0.3, -0.25) is 4.79 Å². The average Bonchev–Trinajstić information content (AvgIpc) is 3.20. The maximum absolute atomic E-state index is 12.6. The second-order valence-electron chi connectivity index (χ2n) is 8.19. The molecule has 0 aliphatic carbocycles. The number of ether oxygens (including phenoxy) is 1. The summed E-state index contributed by atoms with van der Waals surface area (Å²) < 4.78 is 11.5. The van der Waals surface area contributed by atoms with Crippen molar-refractivity contribution in [1.82, 2.24) is 5.32 Å². The smallest absolute Gasteiger partial charge is 0.244 e. The van der Waals surface area contributed by atoms with Crippen molar-refractivity contribution in [2.45, 2.75) is 27.3 Å². The molecule has 0 aliphatic rings. The number of nitrogens with one attached hydrogen (secondary N) is 1. The third-order valence-corrected chi connectivity index (χ3v) is 5.97. The first-order chi connectivity index (χ1) is 15.9. The molecule has 0 fully saturated rings. The number of fused-ring (bicyclic) bond motifs is 1. The minimum absolute atomic E-state index is 0.175. The molecule has 0 unspecified atom stereocenters. The van der Waals surface area contributed by atoms with Gasteiger partial charge in [0.15, 0.2) is 0 Å². The first kappa shape index (κ1) is 22.7. The minimum atomic E-state index is -0.175. The number of carbonyl (C=O) groups excluding carboxylic acids is 1. The maximum Gasteiger partial charge on any atom is 0.244 e. The Labute approximate surface area is 198 Å². The fraction of sp³-hybridized carbons (Fsp3) is 0.179. The summed E-state index contributed by atoms with van der Waals surface area (Å²) in [5.74, 6) is 0.481. The number of aryl methyl sites for hydroxylation is 2. The van der Waals surface area contributed by atoms with E-state index in [-0.39, 0.29) is 5.91 Å². The van der Waals surface area contributed by atoms with E-state index in [1.165, 1.54) is 11.1 Å². The van der Waals surface area contributed by atoms with Crippen molar-refractivity contribution >= 4 is 34.1 Å². The zero-order chi connectivity index (χ0) is 23.5. The van der Waals surface area contributed by atoms with Gasteiger partial charge in [0.05, 0.1) is 13.4 Å². The summed E-state index contributed by atoms with van der Waals surface area (Å²) >= 11 is 5.92. The Morgan fingerprint density at radius 2 is 1.82 bits per heavy atom. The normalized spacial score (nSPS) is 11.6. The zero-order valence-electron chi connectivity index (χ0n) is 19.2. The van der Waals surface area contributed by atoms with E-state index in [2.05, 4.69) is 37.4 Å². The second-order valence-corrected chi connectivity index (χ2v) is 8.62. The van der Waals surface area contributed by atoms with Crippen molar-refractivity contribution in [2.24, 2.45) is 0 Å². The highest BCUT2D eigenvalue weighted by Crippen LogP contribution is 2.38. The van der Waals surface area contributed by atoms with Gasteiger partial charge in [-0.05, 0) is 61.2 Å². The molecule has 4 rings (SSSR count). The summed E-state index contributed by atoms with van der Waals surface area (Å²) in [5, 5.41) is 4.57. The van der Waals surface area contributed by atoms with Crippen LogP contribution in [0.5, 0.6) is 5.75 Å². The highest BCUT2D eigenvalue weighted by molar-refractivity contribution is 6.30. The summed E-state index contributed by atoms with van der Waals surface area (Å²) in [7, 11) is 1.62. The lowest BCUT2D eigenvalue weighted by Gasteiger charge is -2.11. The molecule has 1 N–H and O–H groups in total. The summed E-state index contributed by atoms with van der Waals surface area (Å²) in [5.41, 5.74) is 7.91. The van der Waals surface area contributed by atoms with Gasteiger partial charge in [-0.25, -0.2) is 0 Å². The van der Waals surface area contributed by atoms with Crippen LogP contribution in [0.3, 0.4) is 0 Å².